The number of hydrogen-bond acceptors (Lipinski definition) is 5. The number of nitrogens with zero attached hydrogens (tertiary/aromatic N) is 1. The largest absolute Gasteiger partial charge is 0.496 e. The van der Waals surface area contributed by atoms with Gasteiger partial charge in [0.1, 0.15) is 24.4 Å². The van der Waals surface area contributed by atoms with Crippen LogP contribution >= 0.6 is 15.9 Å². The summed E-state index contributed by atoms with van der Waals surface area (Å²) >= 11 is 3.35. The Labute approximate surface area is 154 Å². The Kier molecular flexibility index (Phi) is 6.05. The van der Waals surface area contributed by atoms with Crippen molar-refractivity contribution in [2.75, 3.05) is 13.7 Å². The standard InChI is InChI=1S/C17H21BrN2O5/c1-4-17(5-2)15(22)20(16(23)19-17)9-14(21)25-10-11-8-12(18)6-7-13(11)24-3/h6-8H,4-5,9-10H2,1-3H3,(H,19,23). The molecule has 7 nitrogen and oxygen atoms in total. The molecule has 3 amide bonds. The van der Waals surface area contributed by atoms with Crippen molar-refractivity contribution < 1.29 is 23.9 Å². The van der Waals surface area contributed by atoms with Crippen LogP contribution in [0.15, 0.2) is 22.7 Å². The molecule has 2 rings (SSSR count). The van der Waals surface area contributed by atoms with Gasteiger partial charge in [0.05, 0.1) is 7.11 Å². The van der Waals surface area contributed by atoms with Gasteiger partial charge in [-0.1, -0.05) is 29.8 Å². The third-order valence-electron chi connectivity index (χ3n) is 4.37. The molecule has 1 saturated heterocycles. The second-order valence-corrected chi connectivity index (χ2v) is 6.64. The molecule has 1 aromatic rings. The zero-order valence-electron chi connectivity index (χ0n) is 14.4. The Morgan fingerprint density at radius 3 is 2.52 bits per heavy atom. The van der Waals surface area contributed by atoms with Crippen LogP contribution in [0.4, 0.5) is 4.79 Å². The Hall–Kier alpha value is -2.09. The number of amides is 3. The van der Waals surface area contributed by atoms with E-state index in [1.807, 2.05) is 19.9 Å². The number of halogens is 1. The first-order valence-electron chi connectivity index (χ1n) is 7.99. The highest BCUT2D eigenvalue weighted by atomic mass is 79.9. The van der Waals surface area contributed by atoms with Gasteiger partial charge >= 0.3 is 12.0 Å². The minimum atomic E-state index is -0.926. The number of imide groups is 1. The van der Waals surface area contributed by atoms with Crippen molar-refractivity contribution in [3.63, 3.8) is 0 Å². The molecule has 0 aromatic heterocycles. The van der Waals surface area contributed by atoms with Crippen LogP contribution in [0, 0.1) is 0 Å². The maximum absolute atomic E-state index is 12.5. The van der Waals surface area contributed by atoms with Crippen LogP contribution in [0.1, 0.15) is 32.3 Å². The van der Waals surface area contributed by atoms with Crippen LogP contribution in [0.2, 0.25) is 0 Å². The van der Waals surface area contributed by atoms with Gasteiger partial charge in [-0.3, -0.25) is 14.5 Å². The molecule has 1 aromatic carbocycles. The molecule has 0 radical (unpaired) electrons. The van der Waals surface area contributed by atoms with Gasteiger partial charge in [0, 0.05) is 10.0 Å². The fraction of sp³-hybridized carbons (Fsp3) is 0.471. The van der Waals surface area contributed by atoms with Crippen molar-refractivity contribution in [1.82, 2.24) is 10.2 Å². The van der Waals surface area contributed by atoms with E-state index < -0.39 is 24.1 Å². The first-order chi connectivity index (χ1) is 11.9. The Balaban J connectivity index is 2.00. The Morgan fingerprint density at radius 1 is 1.28 bits per heavy atom. The van der Waals surface area contributed by atoms with Crippen molar-refractivity contribution in [3.05, 3.63) is 28.2 Å². The molecule has 0 saturated carbocycles. The van der Waals surface area contributed by atoms with E-state index in [9.17, 15) is 14.4 Å². The maximum atomic E-state index is 12.5. The van der Waals surface area contributed by atoms with Crippen LogP contribution < -0.4 is 10.1 Å². The summed E-state index contributed by atoms with van der Waals surface area (Å²) in [4.78, 5) is 37.5. The average molecular weight is 413 g/mol. The van der Waals surface area contributed by atoms with E-state index in [2.05, 4.69) is 21.2 Å². The highest BCUT2D eigenvalue weighted by Crippen LogP contribution is 2.26. The van der Waals surface area contributed by atoms with Gasteiger partial charge in [0.2, 0.25) is 0 Å². The highest BCUT2D eigenvalue weighted by Gasteiger charge is 2.49. The SMILES string of the molecule is CCC1(CC)NC(=O)N(CC(=O)OCc2cc(Br)ccc2OC)C1=O. The van der Waals surface area contributed by atoms with E-state index in [0.717, 1.165) is 9.37 Å². The molecule has 0 bridgehead atoms. The predicted octanol–water partition coefficient (Wildman–Crippen LogP) is 2.61. The minimum Gasteiger partial charge on any atom is -0.496 e. The molecule has 0 aliphatic carbocycles. The second-order valence-electron chi connectivity index (χ2n) is 5.73. The lowest BCUT2D eigenvalue weighted by Crippen LogP contribution is -2.46. The third-order valence-corrected chi connectivity index (χ3v) is 4.86. The predicted molar refractivity (Wildman–Crippen MR) is 94.0 cm³/mol. The lowest BCUT2D eigenvalue weighted by Gasteiger charge is -2.22. The summed E-state index contributed by atoms with van der Waals surface area (Å²) in [6.45, 7) is 3.21. The molecule has 1 aliphatic heterocycles. The molecule has 1 N–H and O–H groups in total. The summed E-state index contributed by atoms with van der Waals surface area (Å²) in [6.07, 6.45) is 0.934. The Morgan fingerprint density at radius 2 is 1.96 bits per heavy atom. The van der Waals surface area contributed by atoms with Crippen molar-refractivity contribution in [2.24, 2.45) is 0 Å². The van der Waals surface area contributed by atoms with Crippen LogP contribution in [-0.4, -0.2) is 42.0 Å². The van der Waals surface area contributed by atoms with Gasteiger partial charge in [-0.05, 0) is 31.0 Å². The number of urea groups is 1. The lowest BCUT2D eigenvalue weighted by atomic mass is 9.93. The average Bonchev–Trinajstić information content (AvgIpc) is 2.84. The third kappa shape index (κ3) is 3.95. The summed E-state index contributed by atoms with van der Waals surface area (Å²) < 4.78 is 11.2. The highest BCUT2D eigenvalue weighted by molar-refractivity contribution is 9.10. The number of methoxy groups -OCH3 is 1. The van der Waals surface area contributed by atoms with Gasteiger partial charge in [0.15, 0.2) is 0 Å². The molecule has 136 valence electrons. The fourth-order valence-electron chi connectivity index (χ4n) is 2.74. The van der Waals surface area contributed by atoms with E-state index in [4.69, 9.17) is 9.47 Å². The summed E-state index contributed by atoms with van der Waals surface area (Å²) in [5.41, 5.74) is -0.246. The molecule has 1 fully saturated rings. The number of benzene rings is 1. The van der Waals surface area contributed by atoms with Crippen LogP contribution in [-0.2, 0) is 20.9 Å². The molecule has 1 heterocycles. The number of esters is 1. The van der Waals surface area contributed by atoms with Gasteiger partial charge < -0.3 is 14.8 Å². The van der Waals surface area contributed by atoms with Crippen molar-refractivity contribution in [1.29, 1.82) is 0 Å². The second kappa shape index (κ2) is 7.86. The van der Waals surface area contributed by atoms with E-state index in [1.54, 1.807) is 12.1 Å². The molecule has 1 aliphatic rings. The van der Waals surface area contributed by atoms with Gasteiger partial charge in [-0.2, -0.15) is 0 Å². The normalized spacial score (nSPS) is 15.9. The first kappa shape index (κ1) is 19.2. The van der Waals surface area contributed by atoms with E-state index in [0.29, 0.717) is 24.2 Å². The molecular weight excluding hydrogens is 392 g/mol. The van der Waals surface area contributed by atoms with Gasteiger partial charge in [0.25, 0.3) is 5.91 Å². The van der Waals surface area contributed by atoms with Crippen LogP contribution in [0.5, 0.6) is 5.75 Å². The molecule has 0 spiro atoms. The van der Waals surface area contributed by atoms with Crippen LogP contribution in [0.25, 0.3) is 0 Å². The maximum Gasteiger partial charge on any atom is 0.326 e. The molecule has 8 heteroatoms. The zero-order valence-corrected chi connectivity index (χ0v) is 16.0. The monoisotopic (exact) mass is 412 g/mol. The number of nitrogens with one attached hydrogen (secondary N) is 1. The van der Waals surface area contributed by atoms with E-state index in [-0.39, 0.29) is 12.5 Å². The fourth-order valence-corrected chi connectivity index (χ4v) is 3.15. The number of ether oxygens (including phenoxy) is 2. The smallest absolute Gasteiger partial charge is 0.326 e. The minimum absolute atomic E-state index is 0.0161. The summed E-state index contributed by atoms with van der Waals surface area (Å²) in [7, 11) is 1.52. The summed E-state index contributed by atoms with van der Waals surface area (Å²) in [5.74, 6) is -0.463. The van der Waals surface area contributed by atoms with E-state index >= 15 is 0 Å². The van der Waals surface area contributed by atoms with Gasteiger partial charge in [-0.25, -0.2) is 4.79 Å². The van der Waals surface area contributed by atoms with Crippen molar-refractivity contribution in [2.45, 2.75) is 38.8 Å². The van der Waals surface area contributed by atoms with Crippen LogP contribution in [0.3, 0.4) is 0 Å². The lowest BCUT2D eigenvalue weighted by molar-refractivity contribution is -0.149. The quantitative estimate of drug-likeness (QED) is 0.549. The van der Waals surface area contributed by atoms with Crippen molar-refractivity contribution >= 4 is 33.8 Å². The topological polar surface area (TPSA) is 84.9 Å². The van der Waals surface area contributed by atoms with E-state index in [1.165, 1.54) is 7.11 Å². The Bertz CT molecular complexity index is 688. The molecule has 0 unspecified atom stereocenters. The summed E-state index contributed by atoms with van der Waals surface area (Å²) in [5, 5.41) is 2.67. The number of rotatable bonds is 7. The molecular formula is C17H21BrN2O5. The number of carbonyl (C=O) groups excluding carboxylic acids is 3. The zero-order chi connectivity index (χ0) is 18.6. The number of hydrogen-bond donors (Lipinski definition) is 1. The summed E-state index contributed by atoms with van der Waals surface area (Å²) in [6, 6.07) is 4.78. The van der Waals surface area contributed by atoms with Gasteiger partial charge in [-0.15, -0.1) is 0 Å². The molecule has 25 heavy (non-hydrogen) atoms. The molecule has 0 atom stereocenters. The number of carbonyl (C=O) groups is 3. The van der Waals surface area contributed by atoms with Crippen molar-refractivity contribution in [3.8, 4) is 5.75 Å². The first-order valence-corrected chi connectivity index (χ1v) is 8.78.